The van der Waals surface area contributed by atoms with Crippen molar-refractivity contribution in [2.24, 2.45) is 0 Å². The first kappa shape index (κ1) is 59.1. The van der Waals surface area contributed by atoms with E-state index in [1.807, 2.05) is 0 Å². The molecule has 0 radical (unpaired) electrons. The molecule has 17 nitrogen and oxygen atoms in total. The molecule has 5 N–H and O–H groups in total. The number of carbonyl (C=O) groups excluding carboxylic acids is 2. The summed E-state index contributed by atoms with van der Waals surface area (Å²) in [5.74, 6) is -3.63. The lowest BCUT2D eigenvalue weighted by Crippen LogP contribution is -2.37. The van der Waals surface area contributed by atoms with Crippen LogP contribution in [0.3, 0.4) is 0 Å². The minimum absolute atomic E-state index is 0.136. The number of hydrogen-bond acceptors (Lipinski definition) is 10. The number of amides is 3. The second kappa shape index (κ2) is 23.0. The van der Waals surface area contributed by atoms with Crippen LogP contribution in [0.1, 0.15) is 73.1 Å². The molecule has 3 heterocycles. The first-order valence-electron chi connectivity index (χ1n) is 21.1. The van der Waals surface area contributed by atoms with Gasteiger partial charge in [0, 0.05) is 59.0 Å². The minimum atomic E-state index is -5.22. The van der Waals surface area contributed by atoms with E-state index in [0.717, 1.165) is 23.4 Å². The number of anilines is 1. The van der Waals surface area contributed by atoms with Crippen molar-refractivity contribution in [2.45, 2.75) is 81.7 Å². The van der Waals surface area contributed by atoms with Gasteiger partial charge in [0.2, 0.25) is 5.91 Å². The number of carboxylic acid groups (broad SMARTS) is 1. The van der Waals surface area contributed by atoms with Crippen molar-refractivity contribution in [3.05, 3.63) is 93.0 Å². The molecule has 31 heteroatoms. The third kappa shape index (κ3) is 14.3. The Morgan fingerprint density at radius 2 is 1.69 bits per heavy atom. The largest absolute Gasteiger partial charge is 0.483 e. The summed E-state index contributed by atoms with van der Waals surface area (Å²) in [7, 11) is -6.52. The molecule has 1 aliphatic carbocycles. The smallest absolute Gasteiger partial charge is 0.469 e. The Morgan fingerprint density at radius 1 is 1.07 bits per heavy atom. The fourth-order valence-electron chi connectivity index (χ4n) is 7.68. The number of carbonyl (C=O) groups is 3. The monoisotopic (exact) mass is 1130 g/mol. The van der Waals surface area contributed by atoms with Gasteiger partial charge in [-0.2, -0.15) is 45.3 Å². The molecular weight excluding hydrogens is 1090 g/mol. The number of urea groups is 1. The molecule has 0 spiro atoms. The molecule has 1 aliphatic rings. The van der Waals surface area contributed by atoms with Gasteiger partial charge in [0.25, 0.3) is 12.4 Å². The van der Waals surface area contributed by atoms with Crippen LogP contribution in [0, 0.1) is 23.5 Å². The molecule has 2 unspecified atom stereocenters. The molecule has 0 saturated carbocycles. The Hall–Kier alpha value is -5.76. The van der Waals surface area contributed by atoms with Crippen molar-refractivity contribution in [1.29, 1.82) is 0 Å². The molecule has 0 bridgehead atoms. The molecular formula is C43H42ClF10N8O9PS2. The van der Waals surface area contributed by atoms with E-state index >= 15 is 8.78 Å². The molecule has 0 saturated heterocycles. The van der Waals surface area contributed by atoms with Crippen molar-refractivity contribution >= 4 is 77.3 Å². The lowest BCUT2D eigenvalue weighted by molar-refractivity contribution is -0.143. The molecule has 2 aromatic carbocycles. The van der Waals surface area contributed by atoms with Crippen molar-refractivity contribution in [3.63, 3.8) is 0 Å². The third-order valence-electron chi connectivity index (χ3n) is 10.8. The van der Waals surface area contributed by atoms with Gasteiger partial charge in [-0.1, -0.05) is 30.5 Å². The summed E-state index contributed by atoms with van der Waals surface area (Å²) >= 11 is 7.31. The normalized spacial score (nSPS) is 15.3. The number of pyridine rings is 1. The van der Waals surface area contributed by atoms with Crippen molar-refractivity contribution in [3.8, 4) is 23.0 Å². The third-order valence-corrected chi connectivity index (χ3v) is 13.8. The fourth-order valence-corrected chi connectivity index (χ4v) is 8.97. The fraction of sp³-hybridized carbons (Fsp3) is 0.395. The molecule has 0 aliphatic heterocycles. The summed E-state index contributed by atoms with van der Waals surface area (Å²) in [6.07, 6.45) is -9.18. The number of hydrogen-bond donors (Lipinski definition) is 5. The van der Waals surface area contributed by atoms with E-state index in [0.29, 0.717) is 22.7 Å². The van der Waals surface area contributed by atoms with E-state index in [-0.39, 0.29) is 49.6 Å². The standard InChI is InChI=1S/C42H40ClF10N8O7PS2.CH2O2/c1-21-18-40(46,47)36-31(21)35(42(51,52)53)57-59(36)19-30(62)56-29(16-22-14-23(44)17-24(45)15-22)33-26(7-6-25(55-33)10-11-39(2,3)71(5)67)27-8-9-28(43)32-34(27)60(20-41(48,49)50)58-37(32)61(70-4)38(63)54-12-13-68-69(64,65)66;2-1-3/h6-9,14-15,17,21,29H,12-13,16,18-20H2,1-5H3,(H,54,63)(H,56,62)(H2,64,65,66);1H,(H,2,3)/t21-,29?,71?;/m0./s1. The van der Waals surface area contributed by atoms with Crippen LogP contribution in [0.2, 0.25) is 5.02 Å². The van der Waals surface area contributed by atoms with E-state index in [2.05, 4.69) is 42.2 Å². The van der Waals surface area contributed by atoms with E-state index in [1.165, 1.54) is 50.6 Å². The van der Waals surface area contributed by atoms with Gasteiger partial charge in [-0.3, -0.25) is 27.7 Å². The van der Waals surface area contributed by atoms with Crippen LogP contribution in [0.15, 0.2) is 42.5 Å². The number of nitrogens with one attached hydrogen (secondary N) is 2. The van der Waals surface area contributed by atoms with Gasteiger partial charge in [-0.15, -0.1) is 0 Å². The van der Waals surface area contributed by atoms with Gasteiger partial charge in [0.1, 0.15) is 40.9 Å². The quantitative estimate of drug-likeness (QED) is 0.0165. The number of aromatic nitrogens is 5. The van der Waals surface area contributed by atoms with Crippen LogP contribution < -0.4 is 14.9 Å². The average molecular weight is 1140 g/mol. The summed E-state index contributed by atoms with van der Waals surface area (Å²) in [5, 5.41) is 18.6. The zero-order chi connectivity index (χ0) is 55.5. The summed E-state index contributed by atoms with van der Waals surface area (Å²) in [6, 6.07) is 4.46. The topological polar surface area (TPSA) is 231 Å². The molecule has 3 amide bonds. The van der Waals surface area contributed by atoms with Crippen LogP contribution >= 0.6 is 31.4 Å². The number of fused-ring (bicyclic) bond motifs is 2. The maximum Gasteiger partial charge on any atom is 0.469 e. The SMILES string of the molecule is CSN(C(=O)NCCOP(=O)(O)O)c1nn(CC(F)(F)F)c2c(-c3ccc(C#CC(C)(C)S(C)=O)nc3C(Cc3cc(F)cc(F)c3)NC(=O)Cn3nc(C(F)(F)F)c4c3C(F)(F)C[C@@H]4C)ccc(Cl)c12.O=CO. The van der Waals surface area contributed by atoms with Crippen molar-refractivity contribution < 1.29 is 86.5 Å². The molecule has 402 valence electrons. The second-order valence-corrected chi connectivity index (χ2v) is 20.9. The van der Waals surface area contributed by atoms with Gasteiger partial charge in [0.05, 0.1) is 34.3 Å². The van der Waals surface area contributed by atoms with Crippen LogP contribution in [0.25, 0.3) is 22.0 Å². The first-order chi connectivity index (χ1) is 34.2. The predicted octanol–water partition coefficient (Wildman–Crippen LogP) is 8.62. The van der Waals surface area contributed by atoms with Gasteiger partial charge < -0.3 is 25.5 Å². The summed E-state index contributed by atoms with van der Waals surface area (Å²) in [4.78, 5) is 58.6. The van der Waals surface area contributed by atoms with Crippen LogP contribution in [0.4, 0.5) is 54.5 Å². The van der Waals surface area contributed by atoms with Crippen LogP contribution in [0.5, 0.6) is 0 Å². The Balaban J connectivity index is 0.00000330. The van der Waals surface area contributed by atoms with Gasteiger partial charge >= 0.3 is 26.2 Å². The average Bonchev–Trinajstić information content (AvgIpc) is 3.91. The van der Waals surface area contributed by atoms with Crippen molar-refractivity contribution in [2.75, 3.05) is 30.0 Å². The number of phosphoric acid groups is 1. The zero-order valence-corrected chi connectivity index (χ0v) is 42.2. The molecule has 6 rings (SSSR count). The van der Waals surface area contributed by atoms with Crippen LogP contribution in [-0.4, -0.2) is 98.6 Å². The Labute approximate surface area is 425 Å². The van der Waals surface area contributed by atoms with Gasteiger partial charge in [-0.05, 0) is 79.9 Å². The van der Waals surface area contributed by atoms with E-state index in [4.69, 9.17) is 31.3 Å². The molecule has 3 atom stereocenters. The highest BCUT2D eigenvalue weighted by Crippen LogP contribution is 2.52. The highest BCUT2D eigenvalue weighted by atomic mass is 35.5. The highest BCUT2D eigenvalue weighted by molar-refractivity contribution is 8.00. The predicted molar refractivity (Wildman–Crippen MR) is 250 cm³/mol. The number of benzene rings is 2. The van der Waals surface area contributed by atoms with Crippen LogP contribution in [-0.2, 0) is 61.1 Å². The van der Waals surface area contributed by atoms with E-state index in [1.54, 1.807) is 0 Å². The number of nitrogens with zero attached hydrogens (tertiary/aromatic N) is 6. The van der Waals surface area contributed by atoms with Gasteiger partial charge in [-0.25, -0.2) is 27.4 Å². The highest BCUT2D eigenvalue weighted by Gasteiger charge is 2.53. The molecule has 74 heavy (non-hydrogen) atoms. The number of rotatable bonds is 15. The summed E-state index contributed by atoms with van der Waals surface area (Å²) in [6.45, 7) is -0.348. The maximum absolute atomic E-state index is 15.4. The molecule has 5 aromatic rings. The van der Waals surface area contributed by atoms with Crippen molar-refractivity contribution in [1.82, 2.24) is 35.2 Å². The molecule has 0 fully saturated rings. The zero-order valence-electron chi connectivity index (χ0n) is 38.9. The summed E-state index contributed by atoms with van der Waals surface area (Å²) in [5.41, 5.74) is -5.06. The van der Waals surface area contributed by atoms with Gasteiger partial charge in [0.15, 0.2) is 11.5 Å². The maximum atomic E-state index is 15.4. The Kier molecular flexibility index (Phi) is 18.4. The number of halogens is 11. The van der Waals surface area contributed by atoms with E-state index in [9.17, 15) is 53.5 Å². The number of phosphoric ester groups is 1. The molecule has 3 aromatic heterocycles. The lowest BCUT2D eigenvalue weighted by atomic mass is 9.93. The lowest BCUT2D eigenvalue weighted by Gasteiger charge is -2.23. The minimum Gasteiger partial charge on any atom is -0.483 e. The number of alkyl halides is 8. The Morgan fingerprint density at radius 3 is 2.26 bits per heavy atom. The first-order valence-corrected chi connectivity index (χ1v) is 25.7. The Bertz CT molecular complexity index is 3070. The second-order valence-electron chi connectivity index (χ2n) is 16.6. The summed E-state index contributed by atoms with van der Waals surface area (Å²) < 4.78 is 175. The van der Waals surface area contributed by atoms with E-state index < -0.39 is 145 Å².